The molecule has 4 rings (SSSR count). The van der Waals surface area contributed by atoms with Gasteiger partial charge in [-0.25, -0.2) is 0 Å². The zero-order chi connectivity index (χ0) is 14.7. The molecule has 0 aromatic heterocycles. The van der Waals surface area contributed by atoms with Crippen LogP contribution in [0.1, 0.15) is 58.8 Å². The first-order valence-corrected chi connectivity index (χ1v) is 8.93. The van der Waals surface area contributed by atoms with Crippen LogP contribution < -0.4 is 0 Å². The first kappa shape index (κ1) is 13.7. The van der Waals surface area contributed by atoms with Crippen LogP contribution in [-0.2, 0) is 0 Å². The van der Waals surface area contributed by atoms with Gasteiger partial charge in [0, 0.05) is 5.92 Å². The molecule has 0 nitrogen and oxygen atoms in total. The molecule has 0 spiro atoms. The van der Waals surface area contributed by atoms with Gasteiger partial charge in [0.1, 0.15) is 0 Å². The Morgan fingerprint density at radius 3 is 2.81 bits per heavy atom. The van der Waals surface area contributed by atoms with Gasteiger partial charge in [-0.1, -0.05) is 32.1 Å². The van der Waals surface area contributed by atoms with Gasteiger partial charge in [0.25, 0.3) is 0 Å². The number of fused-ring (bicyclic) bond motifs is 5. The predicted octanol–water partition coefficient (Wildman–Crippen LogP) is 5.36. The van der Waals surface area contributed by atoms with Crippen molar-refractivity contribution in [3.8, 4) is 12.3 Å². The van der Waals surface area contributed by atoms with Gasteiger partial charge in [-0.05, 0) is 79.1 Å². The average Bonchev–Trinajstić information content (AvgIpc) is 2.83. The molecule has 0 bridgehead atoms. The molecule has 0 aliphatic heterocycles. The van der Waals surface area contributed by atoms with E-state index in [1.54, 1.807) is 5.57 Å². The molecule has 0 aromatic carbocycles. The van der Waals surface area contributed by atoms with Crippen LogP contribution in [0.4, 0.5) is 0 Å². The van der Waals surface area contributed by atoms with Gasteiger partial charge in [0.2, 0.25) is 0 Å². The van der Waals surface area contributed by atoms with Crippen molar-refractivity contribution in [3.05, 3.63) is 23.8 Å². The molecule has 0 amide bonds. The van der Waals surface area contributed by atoms with Crippen molar-refractivity contribution in [1.82, 2.24) is 0 Å². The zero-order valence-corrected chi connectivity index (χ0v) is 13.6. The fraction of sp³-hybridized carbons (Fsp3) is 0.714. The lowest BCUT2D eigenvalue weighted by molar-refractivity contribution is -0.0272. The summed E-state index contributed by atoms with van der Waals surface area (Å²) in [6.07, 6.45) is 22.6. The van der Waals surface area contributed by atoms with Crippen molar-refractivity contribution < 1.29 is 0 Å². The lowest BCUT2D eigenvalue weighted by atomic mass is 9.48. The molecule has 0 N–H and O–H groups in total. The van der Waals surface area contributed by atoms with E-state index < -0.39 is 0 Å². The topological polar surface area (TPSA) is 0 Å². The third-order valence-corrected chi connectivity index (χ3v) is 7.85. The second-order valence-corrected chi connectivity index (χ2v) is 8.47. The van der Waals surface area contributed by atoms with Crippen LogP contribution in [0, 0.1) is 46.8 Å². The van der Waals surface area contributed by atoms with Crippen LogP contribution in [0.25, 0.3) is 0 Å². The van der Waals surface area contributed by atoms with Gasteiger partial charge in [-0.2, -0.15) is 0 Å². The molecule has 0 radical (unpaired) electrons. The van der Waals surface area contributed by atoms with Crippen LogP contribution >= 0.6 is 0 Å². The molecular formula is C21H28. The normalized spacial score (nSPS) is 51.4. The summed E-state index contributed by atoms with van der Waals surface area (Å²) < 4.78 is 0. The number of rotatable bonds is 0. The highest BCUT2D eigenvalue weighted by molar-refractivity contribution is 5.34. The van der Waals surface area contributed by atoms with Crippen molar-refractivity contribution in [2.24, 2.45) is 34.5 Å². The van der Waals surface area contributed by atoms with Gasteiger partial charge >= 0.3 is 0 Å². The van der Waals surface area contributed by atoms with Crippen molar-refractivity contribution in [2.45, 2.75) is 58.8 Å². The third-order valence-electron chi connectivity index (χ3n) is 7.85. The Hall–Kier alpha value is -0.960. The molecule has 4 aliphatic rings. The number of terminal acetylenes is 1. The maximum absolute atomic E-state index is 5.86. The Bertz CT molecular complexity index is 545. The Kier molecular flexibility index (Phi) is 2.94. The SMILES string of the molecule is C#C[C@H]1CC[C@H]2[C@@H]3CC=C4C=CCC[C@]4(C)[C@H]3CC[C@]12C. The molecule has 2 saturated carbocycles. The summed E-state index contributed by atoms with van der Waals surface area (Å²) in [7, 11) is 0. The van der Waals surface area contributed by atoms with E-state index in [0.717, 1.165) is 17.8 Å². The highest BCUT2D eigenvalue weighted by Crippen LogP contribution is 2.65. The van der Waals surface area contributed by atoms with Crippen LogP contribution in [0.2, 0.25) is 0 Å². The van der Waals surface area contributed by atoms with Crippen LogP contribution in [-0.4, -0.2) is 0 Å². The van der Waals surface area contributed by atoms with E-state index in [-0.39, 0.29) is 0 Å². The first-order chi connectivity index (χ1) is 10.1. The summed E-state index contributed by atoms with van der Waals surface area (Å²) in [5, 5.41) is 0. The van der Waals surface area contributed by atoms with Crippen LogP contribution in [0.3, 0.4) is 0 Å². The van der Waals surface area contributed by atoms with E-state index >= 15 is 0 Å². The maximum atomic E-state index is 5.86. The minimum atomic E-state index is 0.433. The Labute approximate surface area is 130 Å². The molecule has 6 atom stereocenters. The first-order valence-electron chi connectivity index (χ1n) is 8.93. The molecule has 0 saturated heterocycles. The maximum Gasteiger partial charge on any atom is 0.0256 e. The van der Waals surface area contributed by atoms with E-state index in [4.69, 9.17) is 6.42 Å². The van der Waals surface area contributed by atoms with E-state index in [0.29, 0.717) is 16.7 Å². The lowest BCUT2D eigenvalue weighted by Crippen LogP contribution is -2.48. The van der Waals surface area contributed by atoms with E-state index in [1.165, 1.54) is 44.9 Å². The summed E-state index contributed by atoms with van der Waals surface area (Å²) in [5.74, 6) is 6.34. The quantitative estimate of drug-likeness (QED) is 0.524. The van der Waals surface area contributed by atoms with Crippen molar-refractivity contribution in [3.63, 3.8) is 0 Å². The number of allylic oxidation sites excluding steroid dienone is 4. The Morgan fingerprint density at radius 1 is 1.14 bits per heavy atom. The van der Waals surface area contributed by atoms with Crippen molar-refractivity contribution in [2.75, 3.05) is 0 Å². The van der Waals surface area contributed by atoms with E-state index in [9.17, 15) is 0 Å². The molecule has 2 fully saturated rings. The Morgan fingerprint density at radius 2 is 2.00 bits per heavy atom. The molecule has 0 heterocycles. The van der Waals surface area contributed by atoms with Gasteiger partial charge < -0.3 is 0 Å². The summed E-state index contributed by atoms with van der Waals surface area (Å²) in [6.45, 7) is 5.06. The fourth-order valence-corrected chi connectivity index (χ4v) is 6.57. The molecule has 0 heteroatoms. The van der Waals surface area contributed by atoms with E-state index in [2.05, 4.69) is 38.0 Å². The molecule has 4 aliphatic carbocycles. The molecule has 112 valence electrons. The molecule has 0 aromatic rings. The number of hydrogen-bond donors (Lipinski definition) is 0. The van der Waals surface area contributed by atoms with Gasteiger partial charge in [-0.15, -0.1) is 12.3 Å². The predicted molar refractivity (Wildman–Crippen MR) is 88.5 cm³/mol. The van der Waals surface area contributed by atoms with E-state index in [1.807, 2.05) is 0 Å². The van der Waals surface area contributed by atoms with Crippen molar-refractivity contribution in [1.29, 1.82) is 0 Å². The third kappa shape index (κ3) is 1.70. The largest absolute Gasteiger partial charge is 0.120 e. The highest BCUT2D eigenvalue weighted by Gasteiger charge is 2.57. The van der Waals surface area contributed by atoms with Gasteiger partial charge in [0.15, 0.2) is 0 Å². The zero-order valence-electron chi connectivity index (χ0n) is 13.6. The summed E-state index contributed by atoms with van der Waals surface area (Å²) in [5.41, 5.74) is 2.53. The molecular weight excluding hydrogens is 252 g/mol. The average molecular weight is 280 g/mol. The summed E-state index contributed by atoms with van der Waals surface area (Å²) >= 11 is 0. The summed E-state index contributed by atoms with van der Waals surface area (Å²) in [4.78, 5) is 0. The lowest BCUT2D eigenvalue weighted by Gasteiger charge is -2.56. The fourth-order valence-electron chi connectivity index (χ4n) is 6.57. The standard InChI is InChI=1S/C21H28/c1-4-15-9-11-18-17-10-8-16-7-5-6-13-20(16,2)19(17)12-14-21(15,18)3/h1,5,7-8,15,17-19H,6,9-14H2,2-3H3/t15-,17-,18-,19-,20-,21+/m0/s1. The Balaban J connectivity index is 1.71. The molecule has 21 heavy (non-hydrogen) atoms. The van der Waals surface area contributed by atoms with Gasteiger partial charge in [-0.3, -0.25) is 0 Å². The second kappa shape index (κ2) is 4.52. The number of hydrogen-bond acceptors (Lipinski definition) is 0. The highest BCUT2D eigenvalue weighted by atomic mass is 14.6. The van der Waals surface area contributed by atoms with Gasteiger partial charge in [0.05, 0.1) is 0 Å². The monoisotopic (exact) mass is 280 g/mol. The minimum Gasteiger partial charge on any atom is -0.120 e. The minimum absolute atomic E-state index is 0.433. The smallest absolute Gasteiger partial charge is 0.0256 e. The van der Waals surface area contributed by atoms with Crippen molar-refractivity contribution >= 4 is 0 Å². The summed E-state index contributed by atoms with van der Waals surface area (Å²) in [6, 6.07) is 0. The molecule has 0 unspecified atom stereocenters. The van der Waals surface area contributed by atoms with Crippen LogP contribution in [0.15, 0.2) is 23.8 Å². The van der Waals surface area contributed by atoms with Crippen LogP contribution in [0.5, 0.6) is 0 Å². The second-order valence-electron chi connectivity index (χ2n) is 8.47.